The third-order valence-corrected chi connectivity index (χ3v) is 3.58. The Bertz CT molecular complexity index is 740. The number of halogens is 1. The number of anilines is 1. The summed E-state index contributed by atoms with van der Waals surface area (Å²) >= 11 is 0. The highest BCUT2D eigenvalue weighted by molar-refractivity contribution is 7.86. The summed E-state index contributed by atoms with van der Waals surface area (Å²) in [6, 6.07) is 11.3. The quantitative estimate of drug-likeness (QED) is 0.881. The smallest absolute Gasteiger partial charge is 0.332 e. The summed E-state index contributed by atoms with van der Waals surface area (Å²) < 4.78 is 39.1. The molecule has 2 rings (SSSR count). The third kappa shape index (κ3) is 3.79. The molecule has 2 aromatic carbocycles. The molecule has 0 aliphatic heterocycles. The van der Waals surface area contributed by atoms with Crippen molar-refractivity contribution < 1.29 is 21.8 Å². The van der Waals surface area contributed by atoms with Gasteiger partial charge in [0.2, 0.25) is 0 Å². The van der Waals surface area contributed by atoms with Crippen LogP contribution in [0.25, 0.3) is 0 Å². The van der Waals surface area contributed by atoms with Crippen molar-refractivity contribution >= 4 is 21.8 Å². The highest BCUT2D eigenvalue weighted by atomic mass is 32.3. The summed E-state index contributed by atoms with van der Waals surface area (Å²) in [6.45, 7) is 0. The standard InChI is InChI=1S/C14H12FNO4S/c1-20-12-6-4-11(5-7-12)16-14(17)10-2-8-13(9-3-10)21(15,18)19/h2-9H,1H3,(H,16,17). The second kappa shape index (κ2) is 5.92. The predicted octanol–water partition coefficient (Wildman–Crippen LogP) is 2.61. The zero-order valence-electron chi connectivity index (χ0n) is 11.0. The first kappa shape index (κ1) is 15.0. The van der Waals surface area contributed by atoms with E-state index in [0.717, 1.165) is 12.1 Å². The Balaban J connectivity index is 2.12. The van der Waals surface area contributed by atoms with Crippen molar-refractivity contribution in [3.05, 3.63) is 54.1 Å². The van der Waals surface area contributed by atoms with Crippen LogP contribution < -0.4 is 10.1 Å². The number of hydrogen-bond donors (Lipinski definition) is 1. The van der Waals surface area contributed by atoms with E-state index >= 15 is 0 Å². The van der Waals surface area contributed by atoms with Crippen LogP contribution in [0.3, 0.4) is 0 Å². The second-order valence-electron chi connectivity index (χ2n) is 4.14. The van der Waals surface area contributed by atoms with Gasteiger partial charge in [-0.2, -0.15) is 8.42 Å². The van der Waals surface area contributed by atoms with Crippen LogP contribution in [-0.4, -0.2) is 21.4 Å². The van der Waals surface area contributed by atoms with Gasteiger partial charge < -0.3 is 10.1 Å². The van der Waals surface area contributed by atoms with Crippen molar-refractivity contribution in [2.24, 2.45) is 0 Å². The van der Waals surface area contributed by atoms with Gasteiger partial charge in [-0.25, -0.2) is 0 Å². The summed E-state index contributed by atoms with van der Waals surface area (Å²) in [5.74, 6) is 0.230. The molecular weight excluding hydrogens is 297 g/mol. The van der Waals surface area contributed by atoms with Crippen LogP contribution in [0.2, 0.25) is 0 Å². The highest BCUT2D eigenvalue weighted by Crippen LogP contribution is 2.17. The first-order valence-electron chi connectivity index (χ1n) is 5.90. The summed E-state index contributed by atoms with van der Waals surface area (Å²) in [6.07, 6.45) is 0. The Labute approximate surface area is 121 Å². The van der Waals surface area contributed by atoms with Gasteiger partial charge in [0.1, 0.15) is 5.75 Å². The molecule has 0 heterocycles. The number of amides is 1. The SMILES string of the molecule is COc1ccc(NC(=O)c2ccc(S(=O)(=O)F)cc2)cc1. The Kier molecular flexibility index (Phi) is 4.23. The molecule has 0 bridgehead atoms. The Hall–Kier alpha value is -2.41. The molecule has 0 saturated heterocycles. The molecule has 7 heteroatoms. The molecule has 5 nitrogen and oxygen atoms in total. The zero-order valence-corrected chi connectivity index (χ0v) is 11.9. The minimum atomic E-state index is -4.76. The summed E-state index contributed by atoms with van der Waals surface area (Å²) in [4.78, 5) is 11.5. The number of methoxy groups -OCH3 is 1. The number of ether oxygens (including phenoxy) is 1. The van der Waals surface area contributed by atoms with E-state index in [2.05, 4.69) is 5.32 Å². The first-order chi connectivity index (χ1) is 9.90. The Morgan fingerprint density at radius 2 is 1.62 bits per heavy atom. The topological polar surface area (TPSA) is 72.5 Å². The van der Waals surface area contributed by atoms with E-state index in [1.165, 1.54) is 19.2 Å². The van der Waals surface area contributed by atoms with E-state index < -0.39 is 21.0 Å². The molecule has 0 atom stereocenters. The van der Waals surface area contributed by atoms with Crippen molar-refractivity contribution in [2.75, 3.05) is 12.4 Å². The van der Waals surface area contributed by atoms with Gasteiger partial charge in [0.05, 0.1) is 12.0 Å². The molecular formula is C14H12FNO4S. The lowest BCUT2D eigenvalue weighted by Crippen LogP contribution is -2.11. The Morgan fingerprint density at radius 3 is 2.10 bits per heavy atom. The molecule has 0 unspecified atom stereocenters. The lowest BCUT2D eigenvalue weighted by atomic mass is 10.2. The van der Waals surface area contributed by atoms with E-state index in [1.807, 2.05) is 0 Å². The maximum absolute atomic E-state index is 12.7. The van der Waals surface area contributed by atoms with Crippen molar-refractivity contribution in [1.29, 1.82) is 0 Å². The van der Waals surface area contributed by atoms with E-state index in [0.29, 0.717) is 11.4 Å². The fourth-order valence-electron chi connectivity index (χ4n) is 1.65. The van der Waals surface area contributed by atoms with E-state index in [9.17, 15) is 17.1 Å². The molecule has 0 radical (unpaired) electrons. The number of benzene rings is 2. The van der Waals surface area contributed by atoms with Crippen LogP contribution in [0.1, 0.15) is 10.4 Å². The minimum absolute atomic E-state index is 0.221. The fraction of sp³-hybridized carbons (Fsp3) is 0.0714. The van der Waals surface area contributed by atoms with Crippen LogP contribution in [0.5, 0.6) is 5.75 Å². The molecule has 1 amide bonds. The lowest BCUT2D eigenvalue weighted by Gasteiger charge is -2.06. The molecule has 0 saturated carbocycles. The van der Waals surface area contributed by atoms with Gasteiger partial charge in [0.25, 0.3) is 5.91 Å². The second-order valence-corrected chi connectivity index (χ2v) is 5.49. The maximum atomic E-state index is 12.7. The van der Waals surface area contributed by atoms with Gasteiger partial charge >= 0.3 is 10.2 Å². The zero-order chi connectivity index (χ0) is 15.5. The average Bonchev–Trinajstić information content (AvgIpc) is 2.47. The highest BCUT2D eigenvalue weighted by Gasteiger charge is 2.13. The first-order valence-corrected chi connectivity index (χ1v) is 7.28. The van der Waals surface area contributed by atoms with Gasteiger partial charge in [0.15, 0.2) is 0 Å². The molecule has 0 fully saturated rings. The van der Waals surface area contributed by atoms with E-state index in [-0.39, 0.29) is 5.56 Å². The molecule has 0 aromatic heterocycles. The molecule has 1 N–H and O–H groups in total. The number of nitrogens with one attached hydrogen (secondary N) is 1. The number of hydrogen-bond acceptors (Lipinski definition) is 4. The fourth-order valence-corrected chi connectivity index (χ4v) is 2.11. The van der Waals surface area contributed by atoms with Crippen molar-refractivity contribution in [2.45, 2.75) is 4.90 Å². The summed E-state index contributed by atoms with van der Waals surface area (Å²) in [5.41, 5.74) is 0.779. The van der Waals surface area contributed by atoms with Crippen LogP contribution in [0.4, 0.5) is 9.57 Å². The monoisotopic (exact) mass is 309 g/mol. The Morgan fingerprint density at radius 1 is 1.05 bits per heavy atom. The van der Waals surface area contributed by atoms with Crippen molar-refractivity contribution in [3.63, 3.8) is 0 Å². The van der Waals surface area contributed by atoms with Crippen LogP contribution >= 0.6 is 0 Å². The molecule has 0 spiro atoms. The largest absolute Gasteiger partial charge is 0.497 e. The van der Waals surface area contributed by atoms with Gasteiger partial charge in [-0.1, -0.05) is 0 Å². The third-order valence-electron chi connectivity index (χ3n) is 2.75. The van der Waals surface area contributed by atoms with E-state index in [4.69, 9.17) is 4.74 Å². The van der Waals surface area contributed by atoms with Crippen molar-refractivity contribution in [3.8, 4) is 5.75 Å². The number of rotatable bonds is 4. The van der Waals surface area contributed by atoms with Crippen LogP contribution in [0.15, 0.2) is 53.4 Å². The number of carbonyl (C=O) groups is 1. The number of carbonyl (C=O) groups excluding carboxylic acids is 1. The summed E-state index contributed by atoms with van der Waals surface area (Å²) in [7, 11) is -3.22. The van der Waals surface area contributed by atoms with Crippen molar-refractivity contribution in [1.82, 2.24) is 0 Å². The van der Waals surface area contributed by atoms with Crippen LogP contribution in [0, 0.1) is 0 Å². The van der Waals surface area contributed by atoms with Gasteiger partial charge in [-0.3, -0.25) is 4.79 Å². The molecule has 110 valence electrons. The molecule has 0 aliphatic rings. The molecule has 2 aromatic rings. The average molecular weight is 309 g/mol. The minimum Gasteiger partial charge on any atom is -0.497 e. The molecule has 21 heavy (non-hydrogen) atoms. The maximum Gasteiger partial charge on any atom is 0.332 e. The predicted molar refractivity (Wildman–Crippen MR) is 75.7 cm³/mol. The molecule has 0 aliphatic carbocycles. The van der Waals surface area contributed by atoms with Gasteiger partial charge in [0, 0.05) is 11.3 Å². The summed E-state index contributed by atoms with van der Waals surface area (Å²) in [5, 5.41) is 2.63. The van der Waals surface area contributed by atoms with E-state index in [1.54, 1.807) is 24.3 Å². The normalized spacial score (nSPS) is 11.0. The van der Waals surface area contributed by atoms with Gasteiger partial charge in [-0.05, 0) is 48.5 Å². The van der Waals surface area contributed by atoms with Crippen LogP contribution in [-0.2, 0) is 10.2 Å². The lowest BCUT2D eigenvalue weighted by molar-refractivity contribution is 0.102. The van der Waals surface area contributed by atoms with Gasteiger partial charge in [-0.15, -0.1) is 3.89 Å².